The highest BCUT2D eigenvalue weighted by Gasteiger charge is 2.47. The van der Waals surface area contributed by atoms with E-state index in [0.29, 0.717) is 31.4 Å². The average Bonchev–Trinajstić information content (AvgIpc) is 3.20. The maximum absolute atomic E-state index is 12.6. The number of nitriles is 1. The van der Waals surface area contributed by atoms with Crippen molar-refractivity contribution in [2.75, 3.05) is 6.54 Å². The summed E-state index contributed by atoms with van der Waals surface area (Å²) in [7, 11) is 0. The first-order chi connectivity index (χ1) is 10.5. The van der Waals surface area contributed by atoms with E-state index in [1.165, 1.54) is 0 Å². The molecule has 1 aliphatic carbocycles. The Morgan fingerprint density at radius 1 is 1.32 bits per heavy atom. The molecule has 2 aliphatic rings. The average molecular weight is 297 g/mol. The molecule has 2 fully saturated rings. The number of nitrogens with zero attached hydrogens (tertiary/aromatic N) is 2. The Balaban J connectivity index is 1.76. The van der Waals surface area contributed by atoms with Crippen molar-refractivity contribution >= 4 is 11.8 Å². The van der Waals surface area contributed by atoms with E-state index in [2.05, 4.69) is 11.4 Å². The van der Waals surface area contributed by atoms with Crippen LogP contribution in [0.2, 0.25) is 0 Å². The summed E-state index contributed by atoms with van der Waals surface area (Å²) >= 11 is 0. The molecule has 1 heterocycles. The van der Waals surface area contributed by atoms with E-state index in [-0.39, 0.29) is 17.7 Å². The standard InChI is InChI=1S/C17H19N3O2/c1-12-9-14(15(21)19-17(11-18)7-8-17)20(10-12)16(22)13-5-3-2-4-6-13/h2-6,12,14H,7-10H2,1H3,(H,19,21)/t12-,14-/m0/s1. The summed E-state index contributed by atoms with van der Waals surface area (Å²) in [6, 6.07) is 10.7. The van der Waals surface area contributed by atoms with E-state index < -0.39 is 11.6 Å². The number of rotatable bonds is 3. The predicted molar refractivity (Wildman–Crippen MR) is 80.8 cm³/mol. The van der Waals surface area contributed by atoms with Crippen LogP contribution < -0.4 is 5.32 Å². The van der Waals surface area contributed by atoms with Crippen LogP contribution in [0.15, 0.2) is 30.3 Å². The molecule has 114 valence electrons. The Hall–Kier alpha value is -2.35. The van der Waals surface area contributed by atoms with Crippen molar-refractivity contribution in [2.45, 2.75) is 37.8 Å². The zero-order valence-electron chi connectivity index (χ0n) is 12.6. The van der Waals surface area contributed by atoms with Gasteiger partial charge in [0, 0.05) is 12.1 Å². The van der Waals surface area contributed by atoms with E-state index in [9.17, 15) is 9.59 Å². The van der Waals surface area contributed by atoms with Crippen LogP contribution in [0.3, 0.4) is 0 Å². The van der Waals surface area contributed by atoms with E-state index in [1.807, 2.05) is 25.1 Å². The Labute approximate surface area is 129 Å². The van der Waals surface area contributed by atoms with Crippen molar-refractivity contribution in [1.82, 2.24) is 10.2 Å². The molecular weight excluding hydrogens is 278 g/mol. The lowest BCUT2D eigenvalue weighted by atomic mass is 10.1. The lowest BCUT2D eigenvalue weighted by Crippen LogP contribution is -2.49. The highest BCUT2D eigenvalue weighted by atomic mass is 16.2. The number of amides is 2. The smallest absolute Gasteiger partial charge is 0.254 e. The van der Waals surface area contributed by atoms with Crippen molar-refractivity contribution in [3.05, 3.63) is 35.9 Å². The fourth-order valence-corrected chi connectivity index (χ4v) is 2.97. The van der Waals surface area contributed by atoms with Crippen molar-refractivity contribution in [1.29, 1.82) is 5.26 Å². The van der Waals surface area contributed by atoms with Gasteiger partial charge < -0.3 is 10.2 Å². The van der Waals surface area contributed by atoms with E-state index >= 15 is 0 Å². The number of benzene rings is 1. The minimum absolute atomic E-state index is 0.119. The molecule has 0 aromatic heterocycles. The van der Waals surface area contributed by atoms with Gasteiger partial charge in [0.2, 0.25) is 5.91 Å². The van der Waals surface area contributed by atoms with E-state index in [1.54, 1.807) is 17.0 Å². The lowest BCUT2D eigenvalue weighted by molar-refractivity contribution is -0.125. The molecule has 5 nitrogen and oxygen atoms in total. The van der Waals surface area contributed by atoms with Crippen LogP contribution in [0.5, 0.6) is 0 Å². The molecule has 1 aliphatic heterocycles. The lowest BCUT2D eigenvalue weighted by Gasteiger charge is -2.25. The van der Waals surface area contributed by atoms with Crippen LogP contribution in [0.1, 0.15) is 36.5 Å². The number of hydrogen-bond donors (Lipinski definition) is 1. The van der Waals surface area contributed by atoms with Crippen LogP contribution in [0.25, 0.3) is 0 Å². The summed E-state index contributed by atoms with van der Waals surface area (Å²) in [4.78, 5) is 26.8. The fourth-order valence-electron chi connectivity index (χ4n) is 2.97. The Kier molecular flexibility index (Phi) is 3.61. The van der Waals surface area contributed by atoms with Crippen molar-refractivity contribution < 1.29 is 9.59 Å². The molecule has 22 heavy (non-hydrogen) atoms. The maximum atomic E-state index is 12.6. The number of hydrogen-bond acceptors (Lipinski definition) is 3. The predicted octanol–water partition coefficient (Wildman–Crippen LogP) is 1.71. The number of likely N-dealkylation sites (tertiary alicyclic amines) is 1. The number of nitrogens with one attached hydrogen (secondary N) is 1. The first-order valence-electron chi connectivity index (χ1n) is 7.64. The molecule has 0 spiro atoms. The number of carbonyl (C=O) groups is 2. The third kappa shape index (κ3) is 2.69. The first kappa shape index (κ1) is 14.6. The molecule has 3 rings (SSSR count). The Bertz CT molecular complexity index is 631. The number of carbonyl (C=O) groups excluding carboxylic acids is 2. The zero-order valence-corrected chi connectivity index (χ0v) is 12.6. The highest BCUT2D eigenvalue weighted by Crippen LogP contribution is 2.35. The fraction of sp³-hybridized carbons (Fsp3) is 0.471. The Morgan fingerprint density at radius 2 is 2.00 bits per heavy atom. The Morgan fingerprint density at radius 3 is 2.59 bits per heavy atom. The molecule has 0 bridgehead atoms. The van der Waals surface area contributed by atoms with Gasteiger partial charge in [0.25, 0.3) is 5.91 Å². The molecule has 1 saturated carbocycles. The third-order valence-corrected chi connectivity index (χ3v) is 4.42. The second kappa shape index (κ2) is 5.45. The minimum atomic E-state index is -0.690. The molecule has 1 aromatic rings. The van der Waals surface area contributed by atoms with Gasteiger partial charge in [0.05, 0.1) is 6.07 Å². The van der Waals surface area contributed by atoms with E-state index in [0.717, 1.165) is 0 Å². The summed E-state index contributed by atoms with van der Waals surface area (Å²) in [5.41, 5.74) is -0.0968. The van der Waals surface area contributed by atoms with Crippen LogP contribution in [-0.4, -0.2) is 34.8 Å². The second-order valence-electron chi connectivity index (χ2n) is 6.36. The third-order valence-electron chi connectivity index (χ3n) is 4.42. The molecule has 1 aromatic carbocycles. The second-order valence-corrected chi connectivity index (χ2v) is 6.36. The van der Waals surface area contributed by atoms with Crippen molar-refractivity contribution in [2.24, 2.45) is 5.92 Å². The largest absolute Gasteiger partial charge is 0.336 e. The van der Waals surface area contributed by atoms with Gasteiger partial charge in [-0.2, -0.15) is 5.26 Å². The van der Waals surface area contributed by atoms with Gasteiger partial charge in [-0.05, 0) is 37.3 Å². The molecule has 2 atom stereocenters. The minimum Gasteiger partial charge on any atom is -0.336 e. The van der Waals surface area contributed by atoms with Gasteiger partial charge >= 0.3 is 0 Å². The molecule has 0 unspecified atom stereocenters. The van der Waals surface area contributed by atoms with Gasteiger partial charge in [-0.15, -0.1) is 0 Å². The summed E-state index contributed by atoms with van der Waals surface area (Å²) in [5.74, 6) is -0.0414. The SMILES string of the molecule is C[C@H]1C[C@@H](C(=O)NC2(C#N)CC2)N(C(=O)c2ccccc2)C1. The van der Waals surface area contributed by atoms with Gasteiger partial charge in [-0.25, -0.2) is 0 Å². The zero-order chi connectivity index (χ0) is 15.7. The van der Waals surface area contributed by atoms with Crippen LogP contribution in [-0.2, 0) is 4.79 Å². The molecule has 1 saturated heterocycles. The summed E-state index contributed by atoms with van der Waals surface area (Å²) in [5, 5.41) is 11.9. The van der Waals surface area contributed by atoms with E-state index in [4.69, 9.17) is 5.26 Å². The summed E-state index contributed by atoms with van der Waals surface area (Å²) in [6.07, 6.45) is 2.04. The quantitative estimate of drug-likeness (QED) is 0.923. The molecular formula is C17H19N3O2. The van der Waals surface area contributed by atoms with Crippen LogP contribution in [0, 0.1) is 17.2 Å². The van der Waals surface area contributed by atoms with Gasteiger partial charge in [0.15, 0.2) is 0 Å². The molecule has 2 amide bonds. The molecule has 1 N–H and O–H groups in total. The maximum Gasteiger partial charge on any atom is 0.254 e. The van der Waals surface area contributed by atoms with Crippen LogP contribution >= 0.6 is 0 Å². The van der Waals surface area contributed by atoms with Crippen LogP contribution in [0.4, 0.5) is 0 Å². The topological polar surface area (TPSA) is 73.2 Å². The first-order valence-corrected chi connectivity index (χ1v) is 7.64. The summed E-state index contributed by atoms with van der Waals surface area (Å²) < 4.78 is 0. The van der Waals surface area contributed by atoms with Gasteiger partial charge in [-0.1, -0.05) is 25.1 Å². The van der Waals surface area contributed by atoms with Gasteiger partial charge in [0.1, 0.15) is 11.6 Å². The molecule has 5 heteroatoms. The van der Waals surface area contributed by atoms with Gasteiger partial charge in [-0.3, -0.25) is 9.59 Å². The normalized spacial score (nSPS) is 25.4. The van der Waals surface area contributed by atoms with Crippen molar-refractivity contribution in [3.8, 4) is 6.07 Å². The molecule has 0 radical (unpaired) electrons. The monoisotopic (exact) mass is 297 g/mol. The van der Waals surface area contributed by atoms with Crippen molar-refractivity contribution in [3.63, 3.8) is 0 Å². The summed E-state index contributed by atoms with van der Waals surface area (Å²) in [6.45, 7) is 2.61. The highest BCUT2D eigenvalue weighted by molar-refractivity contribution is 5.98.